The quantitative estimate of drug-likeness (QED) is 0.102. The van der Waals surface area contributed by atoms with E-state index < -0.39 is 30.2 Å². The molecule has 0 saturated heterocycles. The number of thiol groups is 1. The van der Waals surface area contributed by atoms with Crippen LogP contribution >= 0.6 is 24.4 Å². The summed E-state index contributed by atoms with van der Waals surface area (Å²) in [5.74, 6) is 0.766. The molecule has 0 heterocycles. The van der Waals surface area contributed by atoms with Crippen LogP contribution < -0.4 is 10.6 Å². The molecule has 30 heavy (non-hydrogen) atoms. The molecular formula is C18H28N2O8S2. The number of alkyl carbamates (subject to hydrolysis) is 2. The highest BCUT2D eigenvalue weighted by molar-refractivity contribution is 7.99. The number of amides is 2. The van der Waals surface area contributed by atoms with Crippen molar-refractivity contribution in [2.24, 2.45) is 0 Å². The van der Waals surface area contributed by atoms with Gasteiger partial charge in [-0.05, 0) is 17.9 Å². The fraction of sp³-hybridized carbons (Fsp3) is 0.556. The molecule has 0 rings (SSSR count). The van der Waals surface area contributed by atoms with Crippen molar-refractivity contribution in [3.8, 4) is 0 Å². The molecule has 1 unspecified atom stereocenters. The first-order valence-corrected chi connectivity index (χ1v) is 10.8. The second kappa shape index (κ2) is 18.7. The zero-order chi connectivity index (χ0) is 22.6. The predicted molar refractivity (Wildman–Crippen MR) is 116 cm³/mol. The van der Waals surface area contributed by atoms with Crippen molar-refractivity contribution in [3.63, 3.8) is 0 Å². The van der Waals surface area contributed by atoms with Crippen LogP contribution in [0.1, 0.15) is 6.42 Å². The smallest absolute Gasteiger partial charge is 0.407 e. The predicted octanol–water partition coefficient (Wildman–Crippen LogP) is 1.32. The summed E-state index contributed by atoms with van der Waals surface area (Å²) in [5.41, 5.74) is 0. The van der Waals surface area contributed by atoms with Crippen molar-refractivity contribution in [1.29, 1.82) is 0 Å². The van der Waals surface area contributed by atoms with Gasteiger partial charge in [0.25, 0.3) is 0 Å². The number of rotatable bonds is 16. The molecule has 12 heteroatoms. The third-order valence-corrected chi connectivity index (χ3v) is 4.49. The summed E-state index contributed by atoms with van der Waals surface area (Å²) in [6, 6.07) is 0. The maximum Gasteiger partial charge on any atom is 0.407 e. The second-order valence-corrected chi connectivity index (χ2v) is 6.97. The zero-order valence-corrected chi connectivity index (χ0v) is 18.3. The Balaban J connectivity index is 4.27. The number of carbonyl (C=O) groups is 4. The molecule has 1 atom stereocenters. The van der Waals surface area contributed by atoms with E-state index >= 15 is 0 Å². The molecule has 0 fully saturated rings. The number of hydrogen-bond acceptors (Lipinski definition) is 10. The van der Waals surface area contributed by atoms with E-state index in [-0.39, 0.29) is 32.9 Å². The summed E-state index contributed by atoms with van der Waals surface area (Å²) < 4.78 is 19.7. The van der Waals surface area contributed by atoms with Crippen molar-refractivity contribution in [1.82, 2.24) is 10.6 Å². The highest BCUT2D eigenvalue weighted by Crippen LogP contribution is 2.09. The lowest BCUT2D eigenvalue weighted by atomic mass is 10.4. The molecule has 0 aromatic carbocycles. The first-order chi connectivity index (χ1) is 14.4. The van der Waals surface area contributed by atoms with Crippen LogP contribution in [-0.4, -0.2) is 80.4 Å². The maximum absolute atomic E-state index is 11.9. The lowest BCUT2D eigenvalue weighted by molar-refractivity contribution is -0.138. The van der Waals surface area contributed by atoms with E-state index in [2.05, 4.69) is 36.4 Å². The lowest BCUT2D eigenvalue weighted by Crippen LogP contribution is -2.37. The van der Waals surface area contributed by atoms with Gasteiger partial charge in [-0.15, -0.1) is 0 Å². The number of thioether (sulfide) groups is 1. The van der Waals surface area contributed by atoms with Crippen LogP contribution in [-0.2, 0) is 28.5 Å². The number of ether oxygens (including phenoxy) is 4. The minimum atomic E-state index is -0.740. The van der Waals surface area contributed by atoms with Crippen molar-refractivity contribution in [2.45, 2.75) is 12.5 Å². The molecular weight excluding hydrogens is 436 g/mol. The molecule has 0 bridgehead atoms. The van der Waals surface area contributed by atoms with E-state index in [0.29, 0.717) is 5.75 Å². The van der Waals surface area contributed by atoms with Gasteiger partial charge in [0, 0.05) is 17.9 Å². The molecule has 0 spiro atoms. The second-order valence-electron chi connectivity index (χ2n) is 5.37. The average molecular weight is 465 g/mol. The van der Waals surface area contributed by atoms with Gasteiger partial charge in [-0.25, -0.2) is 19.2 Å². The lowest BCUT2D eigenvalue weighted by Gasteiger charge is -2.18. The molecule has 0 radical (unpaired) electrons. The number of hydrogen-bond donors (Lipinski definition) is 3. The number of nitrogens with one attached hydrogen (secondary N) is 2. The summed E-state index contributed by atoms with van der Waals surface area (Å²) in [4.78, 5) is 45.4. The molecule has 0 aromatic rings. The van der Waals surface area contributed by atoms with Gasteiger partial charge < -0.3 is 29.6 Å². The molecule has 0 aliphatic heterocycles. The zero-order valence-electron chi connectivity index (χ0n) is 16.6. The van der Waals surface area contributed by atoms with Crippen LogP contribution in [0.2, 0.25) is 0 Å². The number of carbonyl (C=O) groups excluding carboxylic acids is 4. The molecule has 170 valence electrons. The third kappa shape index (κ3) is 16.6. The first kappa shape index (κ1) is 27.7. The van der Waals surface area contributed by atoms with E-state index in [9.17, 15) is 19.2 Å². The Kier molecular flexibility index (Phi) is 17.2. The van der Waals surface area contributed by atoms with E-state index in [1.54, 1.807) is 0 Å². The Hall–Kier alpha value is -2.34. The molecule has 2 amide bonds. The monoisotopic (exact) mass is 464 g/mol. The topological polar surface area (TPSA) is 129 Å². The first-order valence-electron chi connectivity index (χ1n) is 9.05. The van der Waals surface area contributed by atoms with Crippen LogP contribution in [0.25, 0.3) is 0 Å². The Labute approximate surface area is 185 Å². The van der Waals surface area contributed by atoms with Crippen LogP contribution in [0.5, 0.6) is 0 Å². The summed E-state index contributed by atoms with van der Waals surface area (Å²) in [6.07, 6.45) is 0.754. The Morgan fingerprint density at radius 1 is 0.933 bits per heavy atom. The summed E-state index contributed by atoms with van der Waals surface area (Å²) in [7, 11) is 0. The highest BCUT2D eigenvalue weighted by Gasteiger charge is 2.17. The van der Waals surface area contributed by atoms with Gasteiger partial charge in [-0.3, -0.25) is 0 Å². The molecule has 2 N–H and O–H groups in total. The van der Waals surface area contributed by atoms with E-state index in [1.165, 1.54) is 11.8 Å². The highest BCUT2D eigenvalue weighted by atomic mass is 32.2. The van der Waals surface area contributed by atoms with Crippen molar-refractivity contribution in [3.05, 3.63) is 25.3 Å². The molecule has 0 aliphatic rings. The van der Waals surface area contributed by atoms with Crippen LogP contribution in [0, 0.1) is 0 Å². The summed E-state index contributed by atoms with van der Waals surface area (Å²) >= 11 is 5.66. The van der Waals surface area contributed by atoms with Crippen LogP contribution in [0.4, 0.5) is 9.59 Å². The fourth-order valence-electron chi connectivity index (χ4n) is 1.64. The Morgan fingerprint density at radius 3 is 2.03 bits per heavy atom. The van der Waals surface area contributed by atoms with Crippen molar-refractivity contribution in [2.75, 3.05) is 50.2 Å². The van der Waals surface area contributed by atoms with Gasteiger partial charge in [0.15, 0.2) is 0 Å². The van der Waals surface area contributed by atoms with Crippen molar-refractivity contribution >= 4 is 48.5 Å². The van der Waals surface area contributed by atoms with E-state index in [0.717, 1.165) is 30.1 Å². The van der Waals surface area contributed by atoms with E-state index in [4.69, 9.17) is 18.9 Å². The Bertz CT molecular complexity index is 574. The van der Waals surface area contributed by atoms with Gasteiger partial charge in [0.05, 0.1) is 13.1 Å². The largest absolute Gasteiger partial charge is 0.461 e. The van der Waals surface area contributed by atoms with Gasteiger partial charge in [0.1, 0.15) is 25.9 Å². The maximum atomic E-state index is 11.9. The summed E-state index contributed by atoms with van der Waals surface area (Å²) in [6.45, 7) is 6.41. The van der Waals surface area contributed by atoms with E-state index in [1.807, 2.05) is 0 Å². The van der Waals surface area contributed by atoms with Crippen LogP contribution in [0.3, 0.4) is 0 Å². The van der Waals surface area contributed by atoms with Gasteiger partial charge >= 0.3 is 24.1 Å². The molecule has 10 nitrogen and oxygen atoms in total. The van der Waals surface area contributed by atoms with Gasteiger partial charge in [0.2, 0.25) is 0 Å². The van der Waals surface area contributed by atoms with Crippen molar-refractivity contribution < 1.29 is 38.1 Å². The normalized spacial score (nSPS) is 10.8. The average Bonchev–Trinajstić information content (AvgIpc) is 2.74. The standard InChI is InChI=1S/C18H28N2O8S2/c1-3-15(21)25-8-6-19-17(23)27-12-14(13-30-11-5-10-29)28-18(24)20-7-9-26-16(22)4-2/h3-4,14,29H,1-2,5-13H2,(H,19,23)(H,20,24). The SMILES string of the molecule is C=CC(=O)OCCNC(=O)OCC(CSCCCS)OC(=O)NCCOC(=O)C=C. The molecule has 0 saturated carbocycles. The minimum Gasteiger partial charge on any atom is -0.461 e. The third-order valence-electron chi connectivity index (χ3n) is 2.99. The van der Waals surface area contributed by atoms with Gasteiger partial charge in [-0.1, -0.05) is 13.2 Å². The Morgan fingerprint density at radius 2 is 1.50 bits per heavy atom. The molecule has 0 aliphatic carbocycles. The number of esters is 2. The molecule has 0 aromatic heterocycles. The van der Waals surface area contributed by atoms with Gasteiger partial charge in [-0.2, -0.15) is 24.4 Å². The fourth-order valence-corrected chi connectivity index (χ4v) is 2.95. The minimum absolute atomic E-state index is 0.0295. The van der Waals surface area contributed by atoms with Crippen LogP contribution in [0.15, 0.2) is 25.3 Å². The summed E-state index contributed by atoms with van der Waals surface area (Å²) in [5, 5.41) is 4.84.